The van der Waals surface area contributed by atoms with E-state index in [2.05, 4.69) is 21.2 Å². The minimum atomic E-state index is -1.02. The summed E-state index contributed by atoms with van der Waals surface area (Å²) >= 11 is 9.20. The lowest BCUT2D eigenvalue weighted by molar-refractivity contribution is -0.146. The minimum Gasteiger partial charge on any atom is -0.482 e. The summed E-state index contributed by atoms with van der Waals surface area (Å²) in [7, 11) is 0. The summed E-state index contributed by atoms with van der Waals surface area (Å²) in [4.78, 5) is 22.5. The van der Waals surface area contributed by atoms with Crippen molar-refractivity contribution in [3.63, 3.8) is 0 Å². The van der Waals surface area contributed by atoms with Crippen molar-refractivity contribution in [2.45, 2.75) is 13.8 Å². The quantitative estimate of drug-likeness (QED) is 0.814. The van der Waals surface area contributed by atoms with Crippen LogP contribution >= 0.6 is 27.5 Å². The predicted octanol–water partition coefficient (Wildman–Crippen LogP) is 2.71. The first-order valence-electron chi connectivity index (χ1n) is 5.80. The average molecular weight is 365 g/mol. The molecule has 0 bridgehead atoms. The van der Waals surface area contributed by atoms with Crippen molar-refractivity contribution in [2.24, 2.45) is 5.41 Å². The number of hydrogen-bond acceptors (Lipinski definition) is 3. The van der Waals surface area contributed by atoms with Crippen molar-refractivity contribution in [1.82, 2.24) is 5.32 Å². The fourth-order valence-electron chi connectivity index (χ4n) is 1.18. The second-order valence-corrected chi connectivity index (χ2v) is 6.15. The van der Waals surface area contributed by atoms with Crippen LogP contribution in [0.15, 0.2) is 22.7 Å². The third-order valence-electron chi connectivity index (χ3n) is 2.56. The Kier molecular flexibility index (Phi) is 5.83. The molecule has 7 heteroatoms. The van der Waals surface area contributed by atoms with E-state index in [-0.39, 0.29) is 13.2 Å². The Hall–Kier alpha value is -1.27. The molecule has 0 saturated carbocycles. The fourth-order valence-corrected chi connectivity index (χ4v) is 1.91. The molecule has 0 saturated heterocycles. The summed E-state index contributed by atoms with van der Waals surface area (Å²) in [6.45, 7) is 2.86. The largest absolute Gasteiger partial charge is 0.482 e. The first-order valence-corrected chi connectivity index (χ1v) is 6.97. The number of rotatable bonds is 6. The summed E-state index contributed by atoms with van der Waals surface area (Å²) in [5.74, 6) is -0.990. The van der Waals surface area contributed by atoms with Gasteiger partial charge in [-0.15, -0.1) is 0 Å². The third-order valence-corrected chi connectivity index (χ3v) is 3.35. The van der Waals surface area contributed by atoms with Crippen LogP contribution in [0.2, 0.25) is 5.02 Å². The monoisotopic (exact) mass is 363 g/mol. The van der Waals surface area contributed by atoms with Gasteiger partial charge in [-0.1, -0.05) is 27.5 Å². The molecule has 0 unspecified atom stereocenters. The van der Waals surface area contributed by atoms with Crippen molar-refractivity contribution < 1.29 is 19.4 Å². The highest BCUT2D eigenvalue weighted by molar-refractivity contribution is 9.10. The van der Waals surface area contributed by atoms with E-state index in [1.54, 1.807) is 18.2 Å². The maximum Gasteiger partial charge on any atom is 0.310 e. The molecule has 0 fully saturated rings. The Bertz CT molecular complexity index is 519. The number of carboxylic acids is 1. The van der Waals surface area contributed by atoms with E-state index in [1.807, 2.05) is 0 Å². The zero-order valence-electron chi connectivity index (χ0n) is 11.1. The molecule has 1 rings (SSSR count). The standard InChI is InChI=1S/C13H15BrClNO4/c1-13(2,12(18)19)7-16-11(17)6-20-10-4-3-8(14)5-9(10)15/h3-5H,6-7H2,1-2H3,(H,16,17)(H,18,19). The Morgan fingerprint density at radius 1 is 1.45 bits per heavy atom. The lowest BCUT2D eigenvalue weighted by atomic mass is 9.94. The lowest BCUT2D eigenvalue weighted by Crippen LogP contribution is -2.40. The summed E-state index contributed by atoms with van der Waals surface area (Å²) in [5.41, 5.74) is -1.02. The first-order chi connectivity index (χ1) is 9.22. The van der Waals surface area contributed by atoms with Gasteiger partial charge in [0.05, 0.1) is 10.4 Å². The van der Waals surface area contributed by atoms with Gasteiger partial charge in [0.15, 0.2) is 6.61 Å². The number of hydrogen-bond donors (Lipinski definition) is 2. The molecule has 0 radical (unpaired) electrons. The Morgan fingerprint density at radius 2 is 2.10 bits per heavy atom. The van der Waals surface area contributed by atoms with Crippen LogP contribution in [-0.2, 0) is 9.59 Å². The third kappa shape index (κ3) is 5.02. The van der Waals surface area contributed by atoms with E-state index < -0.39 is 17.3 Å². The van der Waals surface area contributed by atoms with E-state index >= 15 is 0 Å². The molecular weight excluding hydrogens is 350 g/mol. The predicted molar refractivity (Wildman–Crippen MR) is 79.1 cm³/mol. The number of amides is 1. The van der Waals surface area contributed by atoms with Crippen molar-refractivity contribution in [2.75, 3.05) is 13.2 Å². The summed E-state index contributed by atoms with van der Waals surface area (Å²) < 4.78 is 6.07. The Morgan fingerprint density at radius 3 is 2.65 bits per heavy atom. The van der Waals surface area contributed by atoms with Crippen LogP contribution in [0, 0.1) is 5.41 Å². The van der Waals surface area contributed by atoms with Crippen LogP contribution in [0.4, 0.5) is 0 Å². The number of carbonyl (C=O) groups excluding carboxylic acids is 1. The van der Waals surface area contributed by atoms with Gasteiger partial charge in [0, 0.05) is 11.0 Å². The zero-order chi connectivity index (χ0) is 15.3. The Labute approximate surface area is 130 Å². The second kappa shape index (κ2) is 6.95. The molecule has 20 heavy (non-hydrogen) atoms. The number of benzene rings is 1. The highest BCUT2D eigenvalue weighted by Gasteiger charge is 2.27. The molecule has 2 N–H and O–H groups in total. The van der Waals surface area contributed by atoms with Crippen LogP contribution in [-0.4, -0.2) is 30.1 Å². The van der Waals surface area contributed by atoms with E-state index in [4.69, 9.17) is 21.4 Å². The summed E-state index contributed by atoms with van der Waals surface area (Å²) in [6, 6.07) is 5.04. The SMILES string of the molecule is CC(C)(CNC(=O)COc1ccc(Br)cc1Cl)C(=O)O. The van der Waals surface area contributed by atoms with Gasteiger partial charge in [0.1, 0.15) is 5.75 Å². The van der Waals surface area contributed by atoms with E-state index in [1.165, 1.54) is 13.8 Å². The minimum absolute atomic E-state index is 0.0264. The van der Waals surface area contributed by atoms with Gasteiger partial charge in [-0.05, 0) is 32.0 Å². The van der Waals surface area contributed by atoms with Crippen LogP contribution in [0.3, 0.4) is 0 Å². The average Bonchev–Trinajstić information content (AvgIpc) is 2.35. The number of ether oxygens (including phenoxy) is 1. The molecular formula is C13H15BrClNO4. The van der Waals surface area contributed by atoms with Crippen molar-refractivity contribution in [3.05, 3.63) is 27.7 Å². The van der Waals surface area contributed by atoms with Crippen LogP contribution in [0.25, 0.3) is 0 Å². The maximum absolute atomic E-state index is 11.6. The highest BCUT2D eigenvalue weighted by Crippen LogP contribution is 2.27. The summed E-state index contributed by atoms with van der Waals surface area (Å²) in [5, 5.41) is 11.8. The molecule has 0 aromatic heterocycles. The molecule has 0 atom stereocenters. The molecule has 1 amide bonds. The number of nitrogens with one attached hydrogen (secondary N) is 1. The van der Waals surface area contributed by atoms with Gasteiger partial charge >= 0.3 is 5.97 Å². The van der Waals surface area contributed by atoms with Crippen LogP contribution < -0.4 is 10.1 Å². The zero-order valence-corrected chi connectivity index (χ0v) is 13.4. The van der Waals surface area contributed by atoms with Crippen molar-refractivity contribution >= 4 is 39.4 Å². The molecule has 110 valence electrons. The molecule has 0 aliphatic heterocycles. The molecule has 1 aromatic carbocycles. The summed E-state index contributed by atoms with van der Waals surface area (Å²) in [6.07, 6.45) is 0. The van der Waals surface area contributed by atoms with E-state index in [0.29, 0.717) is 10.8 Å². The molecule has 0 spiro atoms. The Balaban J connectivity index is 2.46. The van der Waals surface area contributed by atoms with Crippen molar-refractivity contribution in [3.8, 4) is 5.75 Å². The number of aliphatic carboxylic acids is 1. The molecule has 0 aliphatic rings. The fraction of sp³-hybridized carbons (Fsp3) is 0.385. The topological polar surface area (TPSA) is 75.6 Å². The van der Waals surface area contributed by atoms with Gasteiger partial charge in [-0.3, -0.25) is 9.59 Å². The molecule has 1 aromatic rings. The number of halogens is 2. The second-order valence-electron chi connectivity index (χ2n) is 4.83. The number of carboxylic acid groups (broad SMARTS) is 1. The van der Waals surface area contributed by atoms with Gasteiger partial charge in [0.25, 0.3) is 5.91 Å². The van der Waals surface area contributed by atoms with Gasteiger partial charge in [-0.2, -0.15) is 0 Å². The molecule has 0 heterocycles. The van der Waals surface area contributed by atoms with Crippen molar-refractivity contribution in [1.29, 1.82) is 0 Å². The van der Waals surface area contributed by atoms with Crippen LogP contribution in [0.1, 0.15) is 13.8 Å². The normalized spacial score (nSPS) is 11.0. The highest BCUT2D eigenvalue weighted by atomic mass is 79.9. The van der Waals surface area contributed by atoms with E-state index in [9.17, 15) is 9.59 Å². The maximum atomic E-state index is 11.6. The van der Waals surface area contributed by atoms with Crippen LogP contribution in [0.5, 0.6) is 5.75 Å². The first kappa shape index (κ1) is 16.8. The smallest absolute Gasteiger partial charge is 0.310 e. The van der Waals surface area contributed by atoms with E-state index in [0.717, 1.165) is 4.47 Å². The number of carbonyl (C=O) groups is 2. The van der Waals surface area contributed by atoms with Gasteiger partial charge in [0.2, 0.25) is 0 Å². The molecule has 0 aliphatic carbocycles. The lowest BCUT2D eigenvalue weighted by Gasteiger charge is -2.19. The molecule has 5 nitrogen and oxygen atoms in total. The van der Waals surface area contributed by atoms with Gasteiger partial charge in [-0.25, -0.2) is 0 Å². The van der Waals surface area contributed by atoms with Gasteiger partial charge < -0.3 is 15.2 Å².